The van der Waals surface area contributed by atoms with Gasteiger partial charge in [0.15, 0.2) is 5.82 Å². The normalized spacial score (nSPS) is 9.00. The number of rotatable bonds is 1. The molecular formula is C13H16N2. The van der Waals surface area contributed by atoms with E-state index in [9.17, 15) is 0 Å². The molecule has 0 spiro atoms. The molecule has 15 heavy (non-hydrogen) atoms. The first-order valence-electron chi connectivity index (χ1n) is 5.20. The van der Waals surface area contributed by atoms with E-state index in [-0.39, 0.29) is 0 Å². The quantitative estimate of drug-likeness (QED) is 0.704. The van der Waals surface area contributed by atoms with E-state index < -0.39 is 0 Å². The first-order valence-corrected chi connectivity index (χ1v) is 5.20. The summed E-state index contributed by atoms with van der Waals surface area (Å²) in [5.74, 6) is 0.784. The van der Waals surface area contributed by atoms with Gasteiger partial charge < -0.3 is 0 Å². The van der Waals surface area contributed by atoms with Gasteiger partial charge in [0.25, 0.3) is 0 Å². The second kappa shape index (κ2) is 5.91. The lowest BCUT2D eigenvalue weighted by Gasteiger charge is -1.98. The van der Waals surface area contributed by atoms with Gasteiger partial charge in [0.2, 0.25) is 0 Å². The lowest BCUT2D eigenvalue weighted by atomic mass is 10.2. The molecule has 2 rings (SSSR count). The fourth-order valence-corrected chi connectivity index (χ4v) is 1.13. The smallest absolute Gasteiger partial charge is 0.159 e. The fourth-order valence-electron chi connectivity index (χ4n) is 1.13. The Labute approximate surface area is 91.0 Å². The van der Waals surface area contributed by atoms with E-state index in [2.05, 4.69) is 9.97 Å². The Bertz CT molecular complexity index is 379. The van der Waals surface area contributed by atoms with Crippen LogP contribution in [0.25, 0.3) is 11.4 Å². The molecule has 0 atom stereocenters. The van der Waals surface area contributed by atoms with Crippen molar-refractivity contribution in [2.75, 3.05) is 0 Å². The van der Waals surface area contributed by atoms with E-state index in [1.54, 1.807) is 0 Å². The average Bonchev–Trinajstić information content (AvgIpc) is 2.34. The van der Waals surface area contributed by atoms with Crippen molar-refractivity contribution in [3.63, 3.8) is 0 Å². The summed E-state index contributed by atoms with van der Waals surface area (Å²) in [5.41, 5.74) is 2.14. The monoisotopic (exact) mass is 200 g/mol. The van der Waals surface area contributed by atoms with Crippen LogP contribution in [0.15, 0.2) is 42.7 Å². The summed E-state index contributed by atoms with van der Waals surface area (Å²) in [5, 5.41) is 0. The minimum atomic E-state index is 0.784. The van der Waals surface area contributed by atoms with E-state index in [4.69, 9.17) is 0 Å². The summed E-state index contributed by atoms with van der Waals surface area (Å²) in [7, 11) is 0. The number of benzene rings is 1. The molecule has 1 aromatic heterocycles. The number of hydrogen-bond donors (Lipinski definition) is 0. The molecule has 1 heterocycles. The van der Waals surface area contributed by atoms with Crippen molar-refractivity contribution >= 4 is 0 Å². The predicted octanol–water partition coefficient (Wildman–Crippen LogP) is 3.48. The third kappa shape index (κ3) is 3.17. The van der Waals surface area contributed by atoms with Gasteiger partial charge >= 0.3 is 0 Å². The van der Waals surface area contributed by atoms with Crippen LogP contribution in [0, 0.1) is 6.92 Å². The minimum Gasteiger partial charge on any atom is -0.236 e. The maximum atomic E-state index is 4.24. The van der Waals surface area contributed by atoms with Crippen molar-refractivity contribution in [2.45, 2.75) is 20.8 Å². The van der Waals surface area contributed by atoms with Crippen LogP contribution in [0.1, 0.15) is 19.4 Å². The summed E-state index contributed by atoms with van der Waals surface area (Å²) in [6.45, 7) is 5.98. The standard InChI is InChI=1S/C11H10N2.C2H6/c1-9-7-12-11(13-8-9)10-5-3-2-4-6-10;1-2/h2-8H,1H3;1-2H3. The molecule has 1 aromatic carbocycles. The summed E-state index contributed by atoms with van der Waals surface area (Å²) in [6, 6.07) is 9.96. The van der Waals surface area contributed by atoms with E-state index in [1.165, 1.54) is 0 Å². The molecule has 78 valence electrons. The van der Waals surface area contributed by atoms with Crippen LogP contribution in [0.5, 0.6) is 0 Å². The molecule has 0 saturated heterocycles. The molecule has 0 radical (unpaired) electrons. The van der Waals surface area contributed by atoms with Gasteiger partial charge in [0.05, 0.1) is 0 Å². The third-order valence-corrected chi connectivity index (χ3v) is 1.81. The lowest BCUT2D eigenvalue weighted by Crippen LogP contribution is -1.88. The van der Waals surface area contributed by atoms with Crippen molar-refractivity contribution < 1.29 is 0 Å². The number of aromatic nitrogens is 2. The zero-order valence-corrected chi connectivity index (χ0v) is 9.44. The molecule has 0 aliphatic rings. The Morgan fingerprint density at radius 2 is 1.40 bits per heavy atom. The van der Waals surface area contributed by atoms with Crippen LogP contribution >= 0.6 is 0 Å². The van der Waals surface area contributed by atoms with Gasteiger partial charge in [-0.25, -0.2) is 9.97 Å². The first kappa shape index (κ1) is 11.4. The summed E-state index contributed by atoms with van der Waals surface area (Å²) >= 11 is 0. The van der Waals surface area contributed by atoms with E-state index in [0.29, 0.717) is 0 Å². The summed E-state index contributed by atoms with van der Waals surface area (Å²) in [4.78, 5) is 8.47. The van der Waals surface area contributed by atoms with Crippen LogP contribution in [-0.4, -0.2) is 9.97 Å². The van der Waals surface area contributed by atoms with Crippen LogP contribution in [-0.2, 0) is 0 Å². The Morgan fingerprint density at radius 3 is 1.93 bits per heavy atom. The van der Waals surface area contributed by atoms with E-state index >= 15 is 0 Å². The molecule has 0 aliphatic carbocycles. The Hall–Kier alpha value is -1.70. The fraction of sp³-hybridized carbons (Fsp3) is 0.231. The van der Waals surface area contributed by atoms with Gasteiger partial charge in [-0.05, 0) is 12.5 Å². The van der Waals surface area contributed by atoms with Crippen molar-refractivity contribution in [1.29, 1.82) is 0 Å². The summed E-state index contributed by atoms with van der Waals surface area (Å²) in [6.07, 6.45) is 3.66. The largest absolute Gasteiger partial charge is 0.236 e. The highest BCUT2D eigenvalue weighted by Gasteiger charge is 1.97. The van der Waals surface area contributed by atoms with Gasteiger partial charge in [-0.2, -0.15) is 0 Å². The van der Waals surface area contributed by atoms with Crippen LogP contribution in [0.3, 0.4) is 0 Å². The lowest BCUT2D eigenvalue weighted by molar-refractivity contribution is 1.14. The second-order valence-electron chi connectivity index (χ2n) is 2.95. The zero-order chi connectivity index (χ0) is 11.1. The topological polar surface area (TPSA) is 25.8 Å². The number of hydrogen-bond acceptors (Lipinski definition) is 2. The van der Waals surface area contributed by atoms with Crippen molar-refractivity contribution in [2.24, 2.45) is 0 Å². The molecular weight excluding hydrogens is 184 g/mol. The Balaban J connectivity index is 0.000000531. The number of aryl methyl sites for hydroxylation is 1. The Morgan fingerprint density at radius 1 is 0.867 bits per heavy atom. The van der Waals surface area contributed by atoms with Crippen LogP contribution in [0.2, 0.25) is 0 Å². The van der Waals surface area contributed by atoms with Gasteiger partial charge in [-0.1, -0.05) is 44.2 Å². The predicted molar refractivity (Wildman–Crippen MR) is 63.6 cm³/mol. The van der Waals surface area contributed by atoms with Gasteiger partial charge in [0, 0.05) is 18.0 Å². The molecule has 2 heteroatoms. The van der Waals surface area contributed by atoms with Crippen LogP contribution in [0.4, 0.5) is 0 Å². The first-order chi connectivity index (χ1) is 7.36. The Kier molecular flexibility index (Phi) is 4.48. The molecule has 0 fully saturated rings. The maximum Gasteiger partial charge on any atom is 0.159 e. The van der Waals surface area contributed by atoms with Gasteiger partial charge in [0.1, 0.15) is 0 Å². The molecule has 2 aromatic rings. The van der Waals surface area contributed by atoms with Crippen molar-refractivity contribution in [3.05, 3.63) is 48.3 Å². The van der Waals surface area contributed by atoms with Crippen molar-refractivity contribution in [1.82, 2.24) is 9.97 Å². The molecule has 0 bridgehead atoms. The second-order valence-corrected chi connectivity index (χ2v) is 2.95. The molecule has 0 N–H and O–H groups in total. The average molecular weight is 200 g/mol. The highest BCUT2D eigenvalue weighted by Crippen LogP contribution is 2.12. The summed E-state index contributed by atoms with van der Waals surface area (Å²) < 4.78 is 0. The van der Waals surface area contributed by atoms with Gasteiger partial charge in [-0.15, -0.1) is 0 Å². The molecule has 0 unspecified atom stereocenters. The van der Waals surface area contributed by atoms with E-state index in [0.717, 1.165) is 17.0 Å². The van der Waals surface area contributed by atoms with Gasteiger partial charge in [-0.3, -0.25) is 0 Å². The van der Waals surface area contributed by atoms with Crippen LogP contribution < -0.4 is 0 Å². The SMILES string of the molecule is CC.Cc1cnc(-c2ccccc2)nc1. The molecule has 0 amide bonds. The minimum absolute atomic E-state index is 0.784. The molecule has 0 aliphatic heterocycles. The van der Waals surface area contributed by atoms with Crippen molar-refractivity contribution in [3.8, 4) is 11.4 Å². The zero-order valence-electron chi connectivity index (χ0n) is 9.44. The molecule has 2 nitrogen and oxygen atoms in total. The highest BCUT2D eigenvalue weighted by molar-refractivity contribution is 5.53. The highest BCUT2D eigenvalue weighted by atomic mass is 14.9. The number of nitrogens with zero attached hydrogens (tertiary/aromatic N) is 2. The molecule has 0 saturated carbocycles. The maximum absolute atomic E-state index is 4.24. The third-order valence-electron chi connectivity index (χ3n) is 1.81. The van der Waals surface area contributed by atoms with E-state index in [1.807, 2.05) is 63.5 Å².